The van der Waals surface area contributed by atoms with E-state index in [4.69, 9.17) is 9.47 Å². The number of hydrogen-bond acceptors (Lipinski definition) is 3. The van der Waals surface area contributed by atoms with Crippen LogP contribution in [0.4, 0.5) is 0 Å². The van der Waals surface area contributed by atoms with Crippen molar-refractivity contribution in [1.29, 1.82) is 0 Å². The van der Waals surface area contributed by atoms with Gasteiger partial charge in [-0.15, -0.1) is 0 Å². The van der Waals surface area contributed by atoms with E-state index in [1.165, 1.54) is 6.42 Å². The van der Waals surface area contributed by atoms with Gasteiger partial charge in [0.1, 0.15) is 5.75 Å². The van der Waals surface area contributed by atoms with Gasteiger partial charge in [-0.3, -0.25) is 4.79 Å². The van der Waals surface area contributed by atoms with Gasteiger partial charge < -0.3 is 14.4 Å². The minimum Gasteiger partial charge on any atom is -0.496 e. The Kier molecular flexibility index (Phi) is 4.80. The van der Waals surface area contributed by atoms with Crippen LogP contribution in [0.5, 0.6) is 5.75 Å². The van der Waals surface area contributed by atoms with E-state index in [0.29, 0.717) is 24.3 Å². The van der Waals surface area contributed by atoms with Crippen molar-refractivity contribution in [3.63, 3.8) is 0 Å². The second-order valence-corrected chi connectivity index (χ2v) is 7.53. The largest absolute Gasteiger partial charge is 0.496 e. The van der Waals surface area contributed by atoms with Gasteiger partial charge in [-0.1, -0.05) is 30.4 Å². The monoisotopic (exact) mass is 341 g/mol. The number of ether oxygens (including phenoxy) is 2. The molecule has 1 heterocycles. The Labute approximate surface area is 149 Å². The number of allylic oxidation sites excluding steroid dienone is 2. The van der Waals surface area contributed by atoms with Crippen molar-refractivity contribution in [2.75, 3.05) is 20.2 Å². The molecule has 1 amide bonds. The van der Waals surface area contributed by atoms with E-state index in [1.807, 2.05) is 24.3 Å². The van der Waals surface area contributed by atoms with Crippen LogP contribution in [0.3, 0.4) is 0 Å². The lowest BCUT2D eigenvalue weighted by atomic mass is 9.91. The molecule has 3 atom stereocenters. The second kappa shape index (κ2) is 7.20. The number of fused-ring (bicyclic) bond motifs is 2. The lowest BCUT2D eigenvalue weighted by Gasteiger charge is -2.34. The third-order valence-corrected chi connectivity index (χ3v) is 6.02. The molecule has 4 heteroatoms. The molecule has 1 aromatic rings. The highest BCUT2D eigenvalue weighted by molar-refractivity contribution is 5.80. The third kappa shape index (κ3) is 3.45. The first-order valence-corrected chi connectivity index (χ1v) is 9.45. The molecule has 1 aliphatic heterocycles. The molecule has 0 N–H and O–H groups in total. The number of nitrogens with zero attached hydrogens (tertiary/aromatic N) is 1. The van der Waals surface area contributed by atoms with Gasteiger partial charge in [-0.2, -0.15) is 0 Å². The van der Waals surface area contributed by atoms with Gasteiger partial charge in [-0.25, -0.2) is 0 Å². The standard InChI is InChI=1S/C21H27NO3/c1-24-20-5-3-2-4-17(20)14-25-18-8-10-22(11-9-18)21(23)19-13-15-6-7-16(19)12-15/h2-7,15-16,18-19H,8-14H2,1H3. The predicted octanol–water partition coefficient (Wildman–Crippen LogP) is 3.42. The summed E-state index contributed by atoms with van der Waals surface area (Å²) in [6.45, 7) is 2.22. The normalized spacial score (nSPS) is 28.5. The Morgan fingerprint density at radius 3 is 2.64 bits per heavy atom. The number of carbonyl (C=O) groups excluding carboxylic acids is 1. The zero-order valence-corrected chi connectivity index (χ0v) is 14.9. The molecule has 2 bridgehead atoms. The summed E-state index contributed by atoms with van der Waals surface area (Å²) in [6.07, 6.45) is 8.90. The fraction of sp³-hybridized carbons (Fsp3) is 0.571. The predicted molar refractivity (Wildman–Crippen MR) is 96.2 cm³/mol. The van der Waals surface area contributed by atoms with Crippen LogP contribution in [0.1, 0.15) is 31.2 Å². The van der Waals surface area contributed by atoms with Gasteiger partial charge in [0, 0.05) is 24.6 Å². The third-order valence-electron chi connectivity index (χ3n) is 6.02. The number of amides is 1. The fourth-order valence-electron chi connectivity index (χ4n) is 4.57. The maximum Gasteiger partial charge on any atom is 0.226 e. The first-order valence-electron chi connectivity index (χ1n) is 9.45. The van der Waals surface area contributed by atoms with E-state index in [0.717, 1.165) is 43.7 Å². The molecule has 1 saturated heterocycles. The second-order valence-electron chi connectivity index (χ2n) is 7.53. The minimum absolute atomic E-state index is 0.230. The molecule has 3 aliphatic rings. The lowest BCUT2D eigenvalue weighted by Crippen LogP contribution is -2.44. The van der Waals surface area contributed by atoms with Crippen LogP contribution in [-0.4, -0.2) is 37.1 Å². The molecule has 2 fully saturated rings. The summed E-state index contributed by atoms with van der Waals surface area (Å²) in [7, 11) is 1.69. The average Bonchev–Trinajstić information content (AvgIpc) is 3.30. The van der Waals surface area contributed by atoms with Gasteiger partial charge in [0.05, 0.1) is 19.8 Å². The summed E-state index contributed by atoms with van der Waals surface area (Å²) in [5.41, 5.74) is 1.08. The Morgan fingerprint density at radius 2 is 1.96 bits per heavy atom. The number of rotatable bonds is 5. The zero-order valence-electron chi connectivity index (χ0n) is 14.9. The van der Waals surface area contributed by atoms with E-state index >= 15 is 0 Å². The first-order chi connectivity index (χ1) is 12.2. The van der Waals surface area contributed by atoms with Crippen LogP contribution in [0.25, 0.3) is 0 Å². The van der Waals surface area contributed by atoms with E-state index in [-0.39, 0.29) is 12.0 Å². The van der Waals surface area contributed by atoms with E-state index in [1.54, 1.807) is 7.11 Å². The maximum atomic E-state index is 12.8. The Bertz CT molecular complexity index is 648. The highest BCUT2D eigenvalue weighted by Gasteiger charge is 2.41. The van der Waals surface area contributed by atoms with Crippen LogP contribution in [0, 0.1) is 17.8 Å². The van der Waals surface area contributed by atoms with Crippen molar-refractivity contribution in [3.05, 3.63) is 42.0 Å². The van der Waals surface area contributed by atoms with Gasteiger partial charge in [0.25, 0.3) is 0 Å². The minimum atomic E-state index is 0.230. The highest BCUT2D eigenvalue weighted by Crippen LogP contribution is 2.44. The van der Waals surface area contributed by atoms with E-state index < -0.39 is 0 Å². The molecule has 134 valence electrons. The molecular weight excluding hydrogens is 314 g/mol. The van der Waals surface area contributed by atoms with Crippen LogP contribution in [0.15, 0.2) is 36.4 Å². The Hall–Kier alpha value is -1.81. The molecule has 0 spiro atoms. The summed E-state index contributed by atoms with van der Waals surface area (Å²) in [5.74, 6) is 2.64. The van der Waals surface area contributed by atoms with Crippen molar-refractivity contribution >= 4 is 5.91 Å². The first kappa shape index (κ1) is 16.6. The quantitative estimate of drug-likeness (QED) is 0.771. The smallest absolute Gasteiger partial charge is 0.226 e. The van der Waals surface area contributed by atoms with Crippen LogP contribution in [0.2, 0.25) is 0 Å². The molecule has 0 radical (unpaired) electrons. The Morgan fingerprint density at radius 1 is 1.16 bits per heavy atom. The number of methoxy groups -OCH3 is 1. The molecule has 1 saturated carbocycles. The highest BCUT2D eigenvalue weighted by atomic mass is 16.5. The maximum absolute atomic E-state index is 12.8. The van der Waals surface area contributed by atoms with Crippen LogP contribution in [-0.2, 0) is 16.1 Å². The zero-order chi connectivity index (χ0) is 17.2. The summed E-state index contributed by atoms with van der Waals surface area (Å²) in [4.78, 5) is 14.9. The Balaban J connectivity index is 1.26. The topological polar surface area (TPSA) is 38.8 Å². The number of piperidine rings is 1. The average molecular weight is 341 g/mol. The number of likely N-dealkylation sites (tertiary alicyclic amines) is 1. The lowest BCUT2D eigenvalue weighted by molar-refractivity contribution is -0.139. The summed E-state index contributed by atoms with van der Waals surface area (Å²) in [6, 6.07) is 7.98. The molecule has 4 rings (SSSR count). The summed E-state index contributed by atoms with van der Waals surface area (Å²) < 4.78 is 11.5. The molecule has 2 aliphatic carbocycles. The van der Waals surface area contributed by atoms with Crippen molar-refractivity contribution < 1.29 is 14.3 Å². The number of hydrogen-bond donors (Lipinski definition) is 0. The fourth-order valence-corrected chi connectivity index (χ4v) is 4.57. The molecule has 3 unspecified atom stereocenters. The van der Waals surface area contributed by atoms with Crippen LogP contribution < -0.4 is 4.74 Å². The van der Waals surface area contributed by atoms with Gasteiger partial charge in [0.2, 0.25) is 5.91 Å². The molecule has 1 aromatic carbocycles. The van der Waals surface area contributed by atoms with E-state index in [9.17, 15) is 4.79 Å². The summed E-state index contributed by atoms with van der Waals surface area (Å²) >= 11 is 0. The molecule has 0 aromatic heterocycles. The van der Waals surface area contributed by atoms with Crippen molar-refractivity contribution in [3.8, 4) is 5.75 Å². The van der Waals surface area contributed by atoms with Gasteiger partial charge >= 0.3 is 0 Å². The van der Waals surface area contributed by atoms with Gasteiger partial charge in [-0.05, 0) is 43.6 Å². The van der Waals surface area contributed by atoms with Crippen molar-refractivity contribution in [1.82, 2.24) is 4.90 Å². The molecular formula is C21H27NO3. The number of carbonyl (C=O) groups is 1. The SMILES string of the molecule is COc1ccccc1COC1CCN(C(=O)C2CC3C=CC2C3)CC1. The molecule has 25 heavy (non-hydrogen) atoms. The van der Waals surface area contributed by atoms with E-state index in [2.05, 4.69) is 17.1 Å². The van der Waals surface area contributed by atoms with Crippen molar-refractivity contribution in [2.45, 2.75) is 38.4 Å². The van der Waals surface area contributed by atoms with Gasteiger partial charge in [0.15, 0.2) is 0 Å². The van der Waals surface area contributed by atoms with Crippen LogP contribution >= 0.6 is 0 Å². The summed E-state index contributed by atoms with van der Waals surface area (Å²) in [5, 5.41) is 0. The number of para-hydroxylation sites is 1. The number of benzene rings is 1. The van der Waals surface area contributed by atoms with Crippen molar-refractivity contribution in [2.24, 2.45) is 17.8 Å². The molecule has 4 nitrogen and oxygen atoms in total.